The van der Waals surface area contributed by atoms with Gasteiger partial charge in [-0.3, -0.25) is 0 Å². The number of thiol groups is 2. The van der Waals surface area contributed by atoms with Gasteiger partial charge in [-0.1, -0.05) is 36.4 Å². The molecule has 10 heteroatoms. The molecule has 0 spiro atoms. The van der Waals surface area contributed by atoms with Gasteiger partial charge in [0.15, 0.2) is 0 Å². The fourth-order valence-corrected chi connectivity index (χ4v) is 7.48. The van der Waals surface area contributed by atoms with E-state index in [0.717, 1.165) is 20.9 Å². The summed E-state index contributed by atoms with van der Waals surface area (Å²) in [5.74, 6) is 2.28. The quantitative estimate of drug-likeness (QED) is 0.109. The van der Waals surface area contributed by atoms with Crippen LogP contribution in [0.3, 0.4) is 0 Å². The number of hydrogen-bond donors (Lipinski definition) is 2. The Bertz CT molecular complexity index is 2100. The van der Waals surface area contributed by atoms with Gasteiger partial charge < -0.3 is 9.47 Å². The topological polar surface area (TPSA) is 86.7 Å². The molecule has 6 rings (SSSR count). The molecular weight excluding hydrogens is 681 g/mol. The Balaban J connectivity index is 1.08. The summed E-state index contributed by atoms with van der Waals surface area (Å²) in [6.07, 6.45) is 3.66. The fraction of sp³-hybridized carbons (Fsp3) is 0. The molecule has 0 aromatic heterocycles. The SMILES string of the molecule is O=S(=O)(c1ccc(C=Cc2ccc(S(=O)(=O)c3ccc(Oc4ccc(S)cc4)cc3)cc2)cc1)c1ccc(Oc2ccc(S)cc2)cc1. The molecule has 0 amide bonds. The molecule has 0 bridgehead atoms. The fourth-order valence-electron chi connectivity index (χ4n) is 4.65. The van der Waals surface area contributed by atoms with E-state index in [4.69, 9.17) is 9.47 Å². The van der Waals surface area contributed by atoms with Crippen LogP contribution >= 0.6 is 25.3 Å². The first-order valence-electron chi connectivity index (χ1n) is 14.6. The molecule has 6 aromatic rings. The monoisotopic (exact) mass is 708 g/mol. The second-order valence-electron chi connectivity index (χ2n) is 10.6. The van der Waals surface area contributed by atoms with Gasteiger partial charge in [0.05, 0.1) is 19.6 Å². The van der Waals surface area contributed by atoms with E-state index in [0.29, 0.717) is 23.0 Å². The van der Waals surface area contributed by atoms with E-state index < -0.39 is 19.7 Å². The molecule has 48 heavy (non-hydrogen) atoms. The van der Waals surface area contributed by atoms with E-state index in [-0.39, 0.29) is 19.6 Å². The third kappa shape index (κ3) is 7.86. The van der Waals surface area contributed by atoms with Crippen molar-refractivity contribution in [2.24, 2.45) is 0 Å². The van der Waals surface area contributed by atoms with Crippen molar-refractivity contribution < 1.29 is 26.3 Å². The molecule has 0 fully saturated rings. The van der Waals surface area contributed by atoms with Crippen LogP contribution in [0.25, 0.3) is 12.2 Å². The molecule has 6 aromatic carbocycles. The summed E-state index contributed by atoms with van der Waals surface area (Å²) < 4.78 is 64.5. The lowest BCUT2D eigenvalue weighted by atomic mass is 10.1. The predicted molar refractivity (Wildman–Crippen MR) is 193 cm³/mol. The second kappa shape index (κ2) is 14.2. The maximum atomic E-state index is 13.2. The van der Waals surface area contributed by atoms with Crippen LogP contribution in [0, 0.1) is 0 Å². The number of benzene rings is 6. The largest absolute Gasteiger partial charge is 0.457 e. The van der Waals surface area contributed by atoms with Gasteiger partial charge in [0, 0.05) is 9.79 Å². The van der Waals surface area contributed by atoms with Gasteiger partial charge in [-0.15, -0.1) is 25.3 Å². The molecule has 6 nitrogen and oxygen atoms in total. The van der Waals surface area contributed by atoms with Crippen molar-refractivity contribution in [2.45, 2.75) is 29.4 Å². The second-order valence-corrected chi connectivity index (χ2v) is 15.5. The van der Waals surface area contributed by atoms with Crippen LogP contribution < -0.4 is 9.47 Å². The zero-order chi connectivity index (χ0) is 33.7. The highest BCUT2D eigenvalue weighted by Crippen LogP contribution is 2.29. The van der Waals surface area contributed by atoms with Crippen molar-refractivity contribution in [3.63, 3.8) is 0 Å². The van der Waals surface area contributed by atoms with Crippen molar-refractivity contribution in [3.8, 4) is 23.0 Å². The minimum atomic E-state index is -3.73. The molecular formula is C38H28O6S4. The van der Waals surface area contributed by atoms with Crippen molar-refractivity contribution in [1.82, 2.24) is 0 Å². The average molecular weight is 709 g/mol. The van der Waals surface area contributed by atoms with Crippen LogP contribution in [-0.2, 0) is 19.7 Å². The Kier molecular flexibility index (Phi) is 9.79. The maximum Gasteiger partial charge on any atom is 0.206 e. The standard InChI is InChI=1S/C38H28O6S4/c39-47(40,37-23-11-31(12-24-37)43-29-7-15-33(45)16-8-29)35-19-3-27(4-20-35)1-2-28-5-21-36(22-6-28)48(41,42)38-25-13-32(14-26-38)44-30-9-17-34(46)18-10-30/h1-26,45-46H. The van der Waals surface area contributed by atoms with Crippen molar-refractivity contribution in [3.05, 3.63) is 157 Å². The Morgan fingerprint density at radius 3 is 0.854 bits per heavy atom. The maximum absolute atomic E-state index is 13.2. The molecule has 0 N–H and O–H groups in total. The van der Waals surface area contributed by atoms with Crippen LogP contribution in [0.15, 0.2) is 175 Å². The molecule has 0 aliphatic rings. The summed E-state index contributed by atoms with van der Waals surface area (Å²) in [6.45, 7) is 0. The van der Waals surface area contributed by atoms with Crippen LogP contribution in [0.1, 0.15) is 11.1 Å². The zero-order valence-corrected chi connectivity index (χ0v) is 28.6. The molecule has 0 saturated heterocycles. The first-order chi connectivity index (χ1) is 23.1. The van der Waals surface area contributed by atoms with E-state index in [1.54, 1.807) is 97.1 Å². The Labute approximate surface area is 291 Å². The van der Waals surface area contributed by atoms with E-state index in [1.165, 1.54) is 24.3 Å². The third-order valence-corrected chi connectivity index (χ3v) is 11.4. The average Bonchev–Trinajstić information content (AvgIpc) is 3.10. The highest BCUT2D eigenvalue weighted by molar-refractivity contribution is 7.91. The molecule has 0 radical (unpaired) electrons. The minimum absolute atomic E-state index is 0.155. The highest BCUT2D eigenvalue weighted by atomic mass is 32.2. The molecule has 0 heterocycles. The van der Waals surface area contributed by atoms with Gasteiger partial charge in [-0.05, 0) is 132 Å². The number of sulfone groups is 2. The van der Waals surface area contributed by atoms with E-state index >= 15 is 0 Å². The summed E-state index contributed by atoms with van der Waals surface area (Å²) in [6, 6.07) is 40.0. The lowest BCUT2D eigenvalue weighted by Gasteiger charge is -2.09. The number of rotatable bonds is 10. The van der Waals surface area contributed by atoms with E-state index in [2.05, 4.69) is 25.3 Å². The van der Waals surface area contributed by atoms with Crippen LogP contribution in [0.5, 0.6) is 23.0 Å². The third-order valence-electron chi connectivity index (χ3n) is 7.26. The van der Waals surface area contributed by atoms with Crippen LogP contribution in [0.4, 0.5) is 0 Å². The van der Waals surface area contributed by atoms with Gasteiger partial charge in [-0.25, -0.2) is 16.8 Å². The Hall–Kier alpha value is -4.74. The molecule has 0 aliphatic heterocycles. The van der Waals surface area contributed by atoms with Crippen LogP contribution in [-0.4, -0.2) is 16.8 Å². The minimum Gasteiger partial charge on any atom is -0.457 e. The summed E-state index contributed by atoms with van der Waals surface area (Å²) in [5, 5.41) is 0. The first-order valence-corrected chi connectivity index (χ1v) is 18.4. The Morgan fingerprint density at radius 1 is 0.354 bits per heavy atom. The lowest BCUT2D eigenvalue weighted by Crippen LogP contribution is -2.02. The first kappa shape index (κ1) is 33.2. The van der Waals surface area contributed by atoms with E-state index in [9.17, 15) is 16.8 Å². The van der Waals surface area contributed by atoms with E-state index in [1.807, 2.05) is 36.4 Å². The van der Waals surface area contributed by atoms with Gasteiger partial charge in [0.1, 0.15) is 23.0 Å². The lowest BCUT2D eigenvalue weighted by molar-refractivity contribution is 0.481. The number of hydrogen-bond acceptors (Lipinski definition) is 8. The normalized spacial score (nSPS) is 11.8. The van der Waals surface area contributed by atoms with Crippen LogP contribution in [0.2, 0.25) is 0 Å². The summed E-state index contributed by atoms with van der Waals surface area (Å²) >= 11 is 8.52. The predicted octanol–water partition coefficient (Wildman–Crippen LogP) is 9.68. The molecule has 240 valence electrons. The summed E-state index contributed by atoms with van der Waals surface area (Å²) in [4.78, 5) is 2.27. The molecule has 0 unspecified atom stereocenters. The van der Waals surface area contributed by atoms with Crippen molar-refractivity contribution >= 4 is 57.1 Å². The van der Waals surface area contributed by atoms with Gasteiger partial charge in [-0.2, -0.15) is 0 Å². The summed E-state index contributed by atoms with van der Waals surface area (Å²) in [7, 11) is -7.47. The molecule has 0 saturated carbocycles. The van der Waals surface area contributed by atoms with Gasteiger partial charge in [0.2, 0.25) is 19.7 Å². The molecule has 0 aliphatic carbocycles. The zero-order valence-electron chi connectivity index (χ0n) is 25.2. The summed E-state index contributed by atoms with van der Waals surface area (Å²) in [5.41, 5.74) is 1.57. The highest BCUT2D eigenvalue weighted by Gasteiger charge is 2.19. The van der Waals surface area contributed by atoms with Crippen molar-refractivity contribution in [1.29, 1.82) is 0 Å². The molecule has 0 atom stereocenters. The van der Waals surface area contributed by atoms with Gasteiger partial charge in [0.25, 0.3) is 0 Å². The van der Waals surface area contributed by atoms with Crippen molar-refractivity contribution in [2.75, 3.05) is 0 Å². The number of ether oxygens (including phenoxy) is 2. The van der Waals surface area contributed by atoms with Gasteiger partial charge >= 0.3 is 0 Å². The smallest absolute Gasteiger partial charge is 0.206 e. The Morgan fingerprint density at radius 2 is 0.583 bits per heavy atom.